The number of esters is 1. The molecule has 0 saturated carbocycles. The number of rotatable bonds is 24. The Morgan fingerprint density at radius 1 is 1.03 bits per heavy atom. The molecule has 13 nitrogen and oxygen atoms in total. The minimum Gasteiger partial charge on any atom is -0.481 e. The zero-order valence-electron chi connectivity index (χ0n) is 37.3. The second-order valence-corrected chi connectivity index (χ2v) is 18.3. The van der Waals surface area contributed by atoms with Crippen LogP contribution in [0, 0.1) is 17.3 Å². The van der Waals surface area contributed by atoms with Crippen molar-refractivity contribution >= 4 is 46.7 Å². The lowest BCUT2D eigenvalue weighted by atomic mass is 9.84. The molecular weight excluding hydrogens is 769 g/mol. The van der Waals surface area contributed by atoms with Crippen LogP contribution in [0.2, 0.25) is 0 Å². The number of carboxylic acids is 1. The summed E-state index contributed by atoms with van der Waals surface area (Å²) < 4.78 is 5.93. The maximum absolute atomic E-state index is 14.9. The Balaban J connectivity index is 1.94. The summed E-state index contributed by atoms with van der Waals surface area (Å²) >= 11 is 1.20. The topological polar surface area (TPSA) is 170 Å². The van der Waals surface area contributed by atoms with E-state index in [4.69, 9.17) is 9.72 Å². The maximum atomic E-state index is 14.9. The van der Waals surface area contributed by atoms with Crippen molar-refractivity contribution in [1.29, 1.82) is 0 Å². The lowest BCUT2D eigenvalue weighted by Crippen LogP contribution is -2.59. The predicted octanol–water partition coefficient (Wildman–Crippen LogP) is 7.47. The molecule has 6 atom stereocenters. The number of hydrogen-bond acceptors (Lipinski definition) is 10. The third-order valence-electron chi connectivity index (χ3n) is 11.7. The number of amides is 3. The quantitative estimate of drug-likeness (QED) is 0.0615. The number of carbonyl (C=O) groups is 5. The highest BCUT2D eigenvalue weighted by Crippen LogP contribution is 2.32. The van der Waals surface area contributed by atoms with Gasteiger partial charge in [0.05, 0.1) is 11.5 Å². The molecule has 2 aromatic rings. The molecule has 59 heavy (non-hydrogen) atoms. The molecule has 330 valence electrons. The second kappa shape index (κ2) is 23.7. The van der Waals surface area contributed by atoms with Crippen LogP contribution < -0.4 is 16.0 Å². The number of piperidine rings is 1. The Hall–Kier alpha value is -4.04. The van der Waals surface area contributed by atoms with Crippen molar-refractivity contribution in [2.24, 2.45) is 17.3 Å². The van der Waals surface area contributed by atoms with Crippen molar-refractivity contribution in [1.82, 2.24) is 25.4 Å². The fraction of sp³-hybridized carbons (Fsp3) is 0.689. The van der Waals surface area contributed by atoms with Crippen LogP contribution in [0.4, 0.5) is 5.69 Å². The Morgan fingerprint density at radius 3 is 2.31 bits per heavy atom. The van der Waals surface area contributed by atoms with Crippen molar-refractivity contribution in [3.05, 3.63) is 45.9 Å². The van der Waals surface area contributed by atoms with Gasteiger partial charge in [0.1, 0.15) is 16.7 Å². The molecule has 0 unspecified atom stereocenters. The van der Waals surface area contributed by atoms with Crippen LogP contribution in [0.1, 0.15) is 147 Å². The third kappa shape index (κ3) is 14.9. The number of aliphatic carboxylic acids is 1. The van der Waals surface area contributed by atoms with Gasteiger partial charge in [-0.25, -0.2) is 4.98 Å². The number of nitrogens with one attached hydrogen (secondary N) is 3. The Bertz CT molecular complexity index is 1660. The largest absolute Gasteiger partial charge is 0.481 e. The van der Waals surface area contributed by atoms with Crippen molar-refractivity contribution in [3.63, 3.8) is 0 Å². The SMILES string of the molecule is CCCCCCN(C(=O)[C@@H](NC(=O)[C@H]1CCCCN1C)[C@@H](C)CC)[C@H](C[C@@H](OC(C)=O)c1nc(C(=O)N[C@@H](Cc2ccc(NC)cc2)CC(C)(C)C(=O)O)cs1)C(C)C. The van der Waals surface area contributed by atoms with E-state index in [1.165, 1.54) is 18.3 Å². The number of anilines is 1. The Labute approximate surface area is 356 Å². The van der Waals surface area contributed by atoms with Crippen LogP contribution in [-0.2, 0) is 30.3 Å². The molecular formula is C45H72N6O7S. The first kappa shape index (κ1) is 49.3. The van der Waals surface area contributed by atoms with Gasteiger partial charge in [-0.2, -0.15) is 0 Å². The molecule has 0 bridgehead atoms. The molecule has 1 aliphatic heterocycles. The van der Waals surface area contributed by atoms with Crippen molar-refractivity contribution in [2.45, 2.75) is 156 Å². The standard InChI is InChI=1S/C45H72N6O7S/c1-11-13-14-16-24-51(43(55)39(30(5)12-2)49-41(54)36-18-15-17-23-50(36)10)37(29(3)4)26-38(58-31(6)52)42-48-35(28-59-42)40(53)47-34(27-45(7,8)44(56)57)25-32-19-21-33(46-9)22-20-32/h19-22,28-30,34,36-39,46H,11-18,23-27H2,1-10H3,(H,47,53)(H,49,54)(H,56,57)/t30-,34-,36+,37+,38+,39-/m0/s1. The van der Waals surface area contributed by atoms with Gasteiger partial charge in [0, 0.05) is 50.1 Å². The van der Waals surface area contributed by atoms with E-state index < -0.39 is 41.4 Å². The van der Waals surface area contributed by atoms with Crippen LogP contribution >= 0.6 is 11.3 Å². The average molecular weight is 841 g/mol. The van der Waals surface area contributed by atoms with Crippen LogP contribution in [0.5, 0.6) is 0 Å². The van der Waals surface area contributed by atoms with Crippen molar-refractivity contribution in [2.75, 3.05) is 32.5 Å². The summed E-state index contributed by atoms with van der Waals surface area (Å²) in [5.41, 5.74) is 0.901. The smallest absolute Gasteiger partial charge is 0.309 e. The summed E-state index contributed by atoms with van der Waals surface area (Å²) in [7, 11) is 3.79. The van der Waals surface area contributed by atoms with E-state index in [-0.39, 0.29) is 54.3 Å². The summed E-state index contributed by atoms with van der Waals surface area (Å²) in [6.07, 6.45) is 7.26. The molecule has 14 heteroatoms. The molecule has 1 fully saturated rings. The fourth-order valence-corrected chi connectivity index (χ4v) is 8.65. The fourth-order valence-electron chi connectivity index (χ4n) is 7.81. The molecule has 3 amide bonds. The highest BCUT2D eigenvalue weighted by atomic mass is 32.1. The first-order chi connectivity index (χ1) is 27.9. The number of nitrogens with zero attached hydrogens (tertiary/aromatic N) is 3. The molecule has 1 aromatic carbocycles. The molecule has 0 spiro atoms. The number of thiazole rings is 1. The Morgan fingerprint density at radius 2 is 1.73 bits per heavy atom. The molecule has 1 saturated heterocycles. The van der Waals surface area contributed by atoms with E-state index in [0.29, 0.717) is 24.4 Å². The number of aromatic nitrogens is 1. The van der Waals surface area contributed by atoms with E-state index >= 15 is 0 Å². The first-order valence-electron chi connectivity index (χ1n) is 21.7. The highest BCUT2D eigenvalue weighted by Gasteiger charge is 2.39. The molecule has 0 aliphatic carbocycles. The summed E-state index contributed by atoms with van der Waals surface area (Å²) in [4.78, 5) is 75.9. The maximum Gasteiger partial charge on any atom is 0.309 e. The van der Waals surface area contributed by atoms with Crippen LogP contribution in [-0.4, -0.2) is 101 Å². The second-order valence-electron chi connectivity index (χ2n) is 17.4. The van der Waals surface area contributed by atoms with Crippen LogP contribution in [0.15, 0.2) is 29.6 Å². The minimum absolute atomic E-state index is 0.0517. The van der Waals surface area contributed by atoms with E-state index in [0.717, 1.165) is 62.7 Å². The van der Waals surface area contributed by atoms with Gasteiger partial charge in [0.2, 0.25) is 11.8 Å². The van der Waals surface area contributed by atoms with Gasteiger partial charge >= 0.3 is 11.9 Å². The third-order valence-corrected chi connectivity index (χ3v) is 12.7. The predicted molar refractivity (Wildman–Crippen MR) is 234 cm³/mol. The lowest BCUT2D eigenvalue weighted by Gasteiger charge is -2.40. The number of ether oxygens (including phenoxy) is 1. The molecule has 3 rings (SSSR count). The number of benzene rings is 1. The first-order valence-corrected chi connectivity index (χ1v) is 22.5. The van der Waals surface area contributed by atoms with Crippen molar-refractivity contribution < 1.29 is 33.8 Å². The molecule has 4 N–H and O–H groups in total. The monoisotopic (exact) mass is 841 g/mol. The molecule has 2 heterocycles. The number of likely N-dealkylation sites (N-methyl/N-ethyl adjacent to an activating group) is 1. The molecule has 0 radical (unpaired) electrons. The number of hydrogen-bond donors (Lipinski definition) is 4. The van der Waals surface area contributed by atoms with Gasteiger partial charge in [-0.05, 0) is 89.1 Å². The van der Waals surface area contributed by atoms with Gasteiger partial charge in [0.25, 0.3) is 5.91 Å². The van der Waals surface area contributed by atoms with Crippen molar-refractivity contribution in [3.8, 4) is 0 Å². The molecule has 1 aromatic heterocycles. The number of likely N-dealkylation sites (tertiary alicyclic amines) is 1. The van der Waals surface area contributed by atoms with Crippen LogP contribution in [0.3, 0.4) is 0 Å². The van der Waals surface area contributed by atoms with Gasteiger partial charge < -0.3 is 30.7 Å². The lowest BCUT2D eigenvalue weighted by molar-refractivity contribution is -0.150. The van der Waals surface area contributed by atoms with Gasteiger partial charge in [-0.1, -0.05) is 78.9 Å². The molecule has 1 aliphatic rings. The average Bonchev–Trinajstić information content (AvgIpc) is 3.69. The zero-order valence-corrected chi connectivity index (χ0v) is 38.1. The zero-order chi connectivity index (χ0) is 43.9. The van der Waals surface area contributed by atoms with Gasteiger partial charge in [-0.15, -0.1) is 11.3 Å². The summed E-state index contributed by atoms with van der Waals surface area (Å²) in [5, 5.41) is 21.3. The minimum atomic E-state index is -1.11. The van der Waals surface area contributed by atoms with E-state index in [1.807, 2.05) is 71.0 Å². The summed E-state index contributed by atoms with van der Waals surface area (Å²) in [6, 6.07) is 5.85. The Kier molecular flexibility index (Phi) is 19.8. The summed E-state index contributed by atoms with van der Waals surface area (Å²) in [6.45, 7) is 16.2. The normalized spacial score (nSPS) is 17.3. The van der Waals surface area contributed by atoms with E-state index in [2.05, 4.69) is 27.8 Å². The van der Waals surface area contributed by atoms with E-state index in [1.54, 1.807) is 19.2 Å². The number of unbranched alkanes of at least 4 members (excludes halogenated alkanes) is 3. The number of carboxylic acid groups (broad SMARTS) is 1. The van der Waals surface area contributed by atoms with E-state index in [9.17, 15) is 29.1 Å². The van der Waals surface area contributed by atoms with Gasteiger partial charge in [-0.3, -0.25) is 28.9 Å². The van der Waals surface area contributed by atoms with Crippen LogP contribution in [0.25, 0.3) is 0 Å². The number of carbonyl (C=O) groups excluding carboxylic acids is 4. The summed E-state index contributed by atoms with van der Waals surface area (Å²) in [5.74, 6) is -2.37. The van der Waals surface area contributed by atoms with Gasteiger partial charge in [0.15, 0.2) is 6.10 Å². The highest BCUT2D eigenvalue weighted by molar-refractivity contribution is 7.09.